The van der Waals surface area contributed by atoms with E-state index in [4.69, 9.17) is 65.1 Å². The van der Waals surface area contributed by atoms with Gasteiger partial charge in [-0.2, -0.15) is 0 Å². The average Bonchev–Trinajstić information content (AvgIpc) is 0.780. The van der Waals surface area contributed by atoms with Crippen molar-refractivity contribution in [3.63, 3.8) is 0 Å². The molecule has 8 aromatic rings. The molecule has 7 amide bonds. The van der Waals surface area contributed by atoms with Gasteiger partial charge >= 0.3 is 36.1 Å². The molecule has 3 heterocycles. The Morgan fingerprint density at radius 3 is 1.17 bits per heavy atom. The molecule has 11 N–H and O–H groups in total. The Labute approximate surface area is 903 Å². The molecular formula is C111H138ClI2N9O27. The van der Waals surface area contributed by atoms with Crippen LogP contribution in [0.2, 0.25) is 5.02 Å². The summed E-state index contributed by atoms with van der Waals surface area (Å²) >= 11 is 10.3. The van der Waals surface area contributed by atoms with Gasteiger partial charge in [0.2, 0.25) is 29.5 Å². The second kappa shape index (κ2) is 58.2. The minimum atomic E-state index is -1.25. The zero-order chi connectivity index (χ0) is 112. The van der Waals surface area contributed by atoms with Crippen LogP contribution in [-0.4, -0.2) is 234 Å². The van der Waals surface area contributed by atoms with E-state index in [0.29, 0.717) is 80.8 Å². The summed E-state index contributed by atoms with van der Waals surface area (Å²) in [5, 5.41) is 47.4. The lowest BCUT2D eigenvalue weighted by Gasteiger charge is -2.32. The van der Waals surface area contributed by atoms with E-state index in [1.165, 1.54) is 76.7 Å². The molecule has 12 atom stereocenters. The van der Waals surface area contributed by atoms with E-state index >= 15 is 0 Å². The number of phenolic OH excluding ortho intramolecular Hbond substituents is 2. The number of alkyl carbamates (subject to hydrolysis) is 2. The first-order valence-corrected chi connectivity index (χ1v) is 55.3. The van der Waals surface area contributed by atoms with Gasteiger partial charge in [0.1, 0.15) is 75.9 Å². The lowest BCUT2D eigenvalue weighted by molar-refractivity contribution is -0.146. The topological polar surface area (TPSA) is 504 Å². The summed E-state index contributed by atoms with van der Waals surface area (Å²) in [5.41, 5.74) is 13.8. The minimum absolute atomic E-state index is 0.0143. The second-order valence-electron chi connectivity index (χ2n) is 38.7. The van der Waals surface area contributed by atoms with Crippen molar-refractivity contribution in [2.45, 2.75) is 188 Å². The summed E-state index contributed by atoms with van der Waals surface area (Å²) in [7, 11) is 14.6. The zero-order valence-corrected chi connectivity index (χ0v) is 93.4. The molecule has 3 aliphatic rings. The number of likely N-dealkylation sites (N-methyl/N-ethyl adjacent to an activating group) is 3. The number of carboxylic acid groups (broad SMARTS) is 1. The maximum atomic E-state index is 14.3. The number of halogens is 3. The monoisotopic (exact) mass is 2320 g/mol. The number of benzene rings is 8. The van der Waals surface area contributed by atoms with Gasteiger partial charge < -0.3 is 105 Å². The van der Waals surface area contributed by atoms with E-state index in [9.17, 15) is 82.1 Å². The molecule has 0 saturated heterocycles. The third kappa shape index (κ3) is 35.1. The summed E-state index contributed by atoms with van der Waals surface area (Å²) < 4.78 is 47.6. The summed E-state index contributed by atoms with van der Waals surface area (Å²) in [5.74, 6) is -8.69. The molecule has 0 saturated carbocycles. The van der Waals surface area contributed by atoms with Crippen LogP contribution in [0, 0.1) is 35.5 Å². The van der Waals surface area contributed by atoms with E-state index in [1.54, 1.807) is 171 Å². The molecule has 0 fully saturated rings. The highest BCUT2D eigenvalue weighted by molar-refractivity contribution is 15.0. The van der Waals surface area contributed by atoms with Crippen LogP contribution in [0.5, 0.6) is 34.5 Å². The fraction of sp³-hybridized carbons (Fsp3) is 0.432. The number of ether oxygens (including phenoxy) is 9. The molecule has 810 valence electrons. The molecular weight excluding hydrogens is 2180 g/mol. The maximum Gasteiger partial charge on any atom is 0.407 e. The number of nitrogens with one attached hydrogen (secondary N) is 6. The Hall–Kier alpha value is -13.3. The van der Waals surface area contributed by atoms with Crippen molar-refractivity contribution in [3.8, 4) is 79.0 Å². The first-order chi connectivity index (χ1) is 70.9. The normalized spacial score (nSPS) is 18.2. The third-order valence-electron chi connectivity index (χ3n) is 25.2. The largest absolute Gasteiger partial charge is 0.507 e. The van der Waals surface area contributed by atoms with Gasteiger partial charge in [0.05, 0.1) is 61.7 Å². The van der Waals surface area contributed by atoms with Crippen molar-refractivity contribution in [3.05, 3.63) is 202 Å². The first-order valence-electron chi connectivity index (χ1n) is 48.6. The maximum absolute atomic E-state index is 14.3. The van der Waals surface area contributed by atoms with E-state index in [1.807, 2.05) is 66.7 Å². The highest BCUT2D eigenvalue weighted by Gasteiger charge is 2.40. The number of carbonyl (C=O) groups is 15. The van der Waals surface area contributed by atoms with Crippen molar-refractivity contribution in [1.82, 2.24) is 41.7 Å². The Bertz CT molecular complexity index is 6110. The van der Waals surface area contributed by atoms with E-state index in [-0.39, 0.29) is 116 Å². The number of esters is 3. The summed E-state index contributed by atoms with van der Waals surface area (Å²) in [6.07, 6.45) is -0.535. The van der Waals surface area contributed by atoms with Gasteiger partial charge in [-0.3, -0.25) is 47.9 Å². The van der Waals surface area contributed by atoms with Gasteiger partial charge in [-0.05, 0) is 204 Å². The van der Waals surface area contributed by atoms with Gasteiger partial charge in [-0.15, -0.1) is 0 Å². The molecule has 8 aromatic carbocycles. The molecule has 150 heavy (non-hydrogen) atoms. The molecule has 0 radical (unpaired) electrons. The molecule has 0 spiro atoms. The van der Waals surface area contributed by atoms with Crippen molar-refractivity contribution >= 4 is 138 Å². The van der Waals surface area contributed by atoms with Gasteiger partial charge in [-0.25, -0.2) is 24.0 Å². The number of carboxylic acids is 1. The molecule has 0 unspecified atom stereocenters. The quantitative estimate of drug-likeness (QED) is 0.0110. The number of Topliss-reactive ketones (excluding diaryl/α,β-unsaturated/α-hetero) is 4. The number of hydrogen-bond donors (Lipinski definition) is 10. The number of aliphatic carboxylic acids is 1. The number of nitrogens with zero attached hydrogens (tertiary/aromatic N) is 2. The number of hydrogen-bond acceptors (Lipinski definition) is 28. The number of amides is 7. The predicted molar refractivity (Wildman–Crippen MR) is 582 cm³/mol. The summed E-state index contributed by atoms with van der Waals surface area (Å²) in [6, 6.07) is 39.1. The van der Waals surface area contributed by atoms with Crippen LogP contribution in [0.15, 0.2) is 158 Å². The summed E-state index contributed by atoms with van der Waals surface area (Å²) in [6.45, 7) is 19.3. The van der Waals surface area contributed by atoms with Gasteiger partial charge in [0, 0.05) is 183 Å². The number of phenols is 2. The fourth-order valence-electron chi connectivity index (χ4n) is 17.1. The highest BCUT2D eigenvalue weighted by atomic mass is 128. The summed E-state index contributed by atoms with van der Waals surface area (Å²) in [4.78, 5) is 197. The predicted octanol–water partition coefficient (Wildman–Crippen LogP) is 15.7. The number of ketones is 4. The Kier molecular flexibility index (Phi) is 47.9. The van der Waals surface area contributed by atoms with Gasteiger partial charge in [0.25, 0.3) is 0 Å². The number of carbonyl (C=O) groups excluding carboxylic acids is 14. The molecule has 0 aliphatic carbocycles. The minimum Gasteiger partial charge on any atom is -0.507 e. The van der Waals surface area contributed by atoms with Crippen molar-refractivity contribution in [1.29, 1.82) is 0 Å². The molecule has 0 aromatic heterocycles. The van der Waals surface area contributed by atoms with Crippen LogP contribution >= 0.6 is 48.8 Å². The number of fused-ring (bicyclic) bond motifs is 15. The number of methoxy groups -OCH3 is 7. The van der Waals surface area contributed by atoms with Crippen LogP contribution in [0.3, 0.4) is 0 Å². The Balaban J connectivity index is 0.000000287. The molecule has 39 heteroatoms. The molecule has 11 rings (SSSR count). The molecule has 3 aliphatic heterocycles. The molecule has 36 nitrogen and oxygen atoms in total. The zero-order valence-electron chi connectivity index (χ0n) is 88.4. The van der Waals surface area contributed by atoms with E-state index in [0.717, 1.165) is 38.9 Å². The fourth-order valence-corrected chi connectivity index (χ4v) is 17.2. The smallest absolute Gasteiger partial charge is 0.407 e. The number of rotatable bonds is 25. The standard InChI is InChI=1S/C41H42ClN3O8.C35H47N3O9.C25H30N2O6.C10H19NO4.I2/c1-23-18-37(49)38(28-11-15-35(47)32(21-28)31-19-24(4-14-34(31)46)20-33(41(52)53-3)44-39(23)50)45(2)40(51)29(16-17-43)22-36(48)27-7-5-25(6-8-27)26-9-12-30(42)13-10-26;1-20(14-15-36-34(43)47-35(3,4)5)32(41)38(6)30-23-11-13-29(45-8)25(19-23)24-17-22(10-12-28(24)44-7)18-26(33(42)46-9)37-31(40)21(2)16-27(30)39;1-14-10-20(28)23(26-2)16-7-9-22(32-4)18(13-16)17-11-15(6-8-21(17)31-3)12-19(25(30)33-5)27-24(14)29;1-7(8(12)13)5-6-11-9(14)15-10(2,3)4;1-2/h4-15,19,21,23,29,33,38,46-47H,16-18,20,22,43H2,1-3H3,(H,44,50);10-13,17,19-21,26,30H,14-16,18H2,1-9H3,(H,36,43)(H,37,40);6-9,11,13-14,19,23,26H,10,12H2,1-5H3,(H,27,29);7H,5-6H2,1-4H3,(H,11,14)(H,12,13);/t23-,29-,33+,38+;20-,21+,26-,30-;14-,19+,23+;7-;/m1010./s1. The van der Waals surface area contributed by atoms with Crippen molar-refractivity contribution < 1.29 is 130 Å². The average molecular weight is 2320 g/mol. The Morgan fingerprint density at radius 2 is 0.780 bits per heavy atom. The van der Waals surface area contributed by atoms with Crippen LogP contribution in [0.4, 0.5) is 9.59 Å². The van der Waals surface area contributed by atoms with Crippen LogP contribution in [0.1, 0.15) is 183 Å². The SMILES string of the molecule is CN[C@@H]1C(=O)C[C@@H](C)C(=O)N[C@H](C(=O)OC)Cc2ccc(OC)c(c2)-c2cc1ccc2OC.COC(=O)[C@@H]1Cc2ccc(O)c(c2)-c2cc(ccc2O)[C@H](N(C)C(=O)[C@H](CCN)CC(=O)c2ccc(-c3ccc(Cl)cc3)cc2)C(=O)C[C@@H](C)C(=O)N1.COC(=O)[C@@H]1Cc2ccc(OC)c(c2)-c2cc(ccc2OC)[C@H](N(C)C(=O)[C@@H](C)CCNC(=O)OC(C)(C)C)C(=O)C[C@@H](C)C(=O)N1.C[C@@H](CCNC(=O)OC(C)(C)C)C(=O)O.II. The third-order valence-corrected chi connectivity index (χ3v) is 25.4. The van der Waals surface area contributed by atoms with E-state index in [2.05, 4.69) is 69.1 Å². The van der Waals surface area contributed by atoms with E-state index < -0.39 is 143 Å². The van der Waals surface area contributed by atoms with Crippen LogP contribution in [0.25, 0.3) is 44.5 Å². The van der Waals surface area contributed by atoms with Crippen molar-refractivity contribution in [2.24, 2.45) is 41.2 Å². The second-order valence-corrected chi connectivity index (χ2v) is 39.1. The highest BCUT2D eigenvalue weighted by Crippen LogP contribution is 2.45. The molecule has 12 bridgehead atoms. The Morgan fingerprint density at radius 1 is 0.447 bits per heavy atom. The number of aromatic hydroxyl groups is 2. The van der Waals surface area contributed by atoms with Crippen LogP contribution in [-0.2, 0) is 100 Å². The lowest BCUT2D eigenvalue weighted by atomic mass is 9.88. The first kappa shape index (κ1) is 124. The lowest BCUT2D eigenvalue weighted by Crippen LogP contribution is -2.46. The van der Waals surface area contributed by atoms with Gasteiger partial charge in [0.15, 0.2) is 23.1 Å². The number of nitrogens with two attached hydrogens (primary N) is 1. The van der Waals surface area contributed by atoms with Crippen LogP contribution < -0.4 is 56.6 Å². The van der Waals surface area contributed by atoms with Gasteiger partial charge in [-0.1, -0.05) is 119 Å². The van der Waals surface area contributed by atoms with Crippen molar-refractivity contribution in [2.75, 3.05) is 90.5 Å².